The Labute approximate surface area is 411 Å². The van der Waals surface area contributed by atoms with Gasteiger partial charge in [0.05, 0.1) is 25.4 Å². The maximum Gasteiger partial charge on any atom is 0.305 e. The van der Waals surface area contributed by atoms with Gasteiger partial charge in [0.2, 0.25) is 5.91 Å². The summed E-state index contributed by atoms with van der Waals surface area (Å²) in [5, 5.41) is 23.1. The molecule has 3 N–H and O–H groups in total. The minimum absolute atomic E-state index is 0.0117. The average Bonchev–Trinajstić information content (AvgIpc) is 3.32. The molecule has 0 fully saturated rings. The molecular formula is C60H115NO5. The van der Waals surface area contributed by atoms with Crippen molar-refractivity contribution in [3.8, 4) is 0 Å². The molecule has 0 rings (SSSR count). The van der Waals surface area contributed by atoms with Crippen LogP contribution in [-0.4, -0.2) is 47.4 Å². The third-order valence-corrected chi connectivity index (χ3v) is 13.7. The SMILES string of the molecule is CCCCCCCCCCCCCC/C=C/C(O)C(CO)NC(=O)CCCCCCCCC/C=C\CCCCCCCCCCCCCCOC(=O)CCCCCCCCCCCCCC. The van der Waals surface area contributed by atoms with E-state index >= 15 is 0 Å². The lowest BCUT2D eigenvalue weighted by Gasteiger charge is -2.20. The van der Waals surface area contributed by atoms with Gasteiger partial charge in [0.25, 0.3) is 0 Å². The summed E-state index contributed by atoms with van der Waals surface area (Å²) < 4.78 is 5.47. The maximum atomic E-state index is 12.4. The summed E-state index contributed by atoms with van der Waals surface area (Å²) in [6.07, 6.45) is 67.8. The van der Waals surface area contributed by atoms with Crippen molar-refractivity contribution in [2.45, 2.75) is 334 Å². The molecule has 0 aromatic carbocycles. The molecule has 1 amide bonds. The number of unbranched alkanes of at least 4 members (excludes halogenated alkanes) is 42. The second-order valence-electron chi connectivity index (χ2n) is 20.3. The number of carbonyl (C=O) groups is 2. The van der Waals surface area contributed by atoms with Gasteiger partial charge >= 0.3 is 5.97 Å². The molecule has 66 heavy (non-hydrogen) atoms. The molecule has 0 aromatic heterocycles. The Kier molecular flexibility index (Phi) is 54.5. The first-order valence-corrected chi connectivity index (χ1v) is 29.6. The molecule has 2 atom stereocenters. The average molecular weight is 931 g/mol. The van der Waals surface area contributed by atoms with Gasteiger partial charge in [0.15, 0.2) is 0 Å². The normalized spacial score (nSPS) is 12.7. The third kappa shape index (κ3) is 51.7. The minimum atomic E-state index is -0.847. The number of aliphatic hydroxyl groups excluding tert-OH is 2. The summed E-state index contributed by atoms with van der Waals surface area (Å²) in [6.45, 7) is 4.91. The van der Waals surface area contributed by atoms with Crippen molar-refractivity contribution in [2.24, 2.45) is 0 Å². The quantitative estimate of drug-likeness (QED) is 0.0321. The molecule has 6 heteroatoms. The molecule has 2 unspecified atom stereocenters. The highest BCUT2D eigenvalue weighted by Gasteiger charge is 2.18. The van der Waals surface area contributed by atoms with Crippen LogP contribution in [0, 0.1) is 0 Å². The number of esters is 1. The lowest BCUT2D eigenvalue weighted by atomic mass is 10.0. The van der Waals surface area contributed by atoms with Crippen LogP contribution in [0.4, 0.5) is 0 Å². The zero-order valence-electron chi connectivity index (χ0n) is 44.4. The number of nitrogens with one attached hydrogen (secondary N) is 1. The summed E-state index contributed by atoms with van der Waals surface area (Å²) in [7, 11) is 0. The summed E-state index contributed by atoms with van der Waals surface area (Å²) in [5.41, 5.74) is 0. The van der Waals surface area contributed by atoms with Crippen molar-refractivity contribution >= 4 is 11.9 Å². The number of hydrogen-bond acceptors (Lipinski definition) is 5. The Morgan fingerprint density at radius 2 is 0.712 bits per heavy atom. The van der Waals surface area contributed by atoms with Crippen LogP contribution < -0.4 is 5.32 Å². The van der Waals surface area contributed by atoms with Crippen LogP contribution in [0.1, 0.15) is 322 Å². The van der Waals surface area contributed by atoms with Gasteiger partial charge in [0, 0.05) is 12.8 Å². The predicted molar refractivity (Wildman–Crippen MR) is 287 cm³/mol. The van der Waals surface area contributed by atoms with E-state index in [1.54, 1.807) is 6.08 Å². The van der Waals surface area contributed by atoms with Gasteiger partial charge in [-0.05, 0) is 57.8 Å². The zero-order chi connectivity index (χ0) is 47.9. The van der Waals surface area contributed by atoms with E-state index in [-0.39, 0.29) is 18.5 Å². The largest absolute Gasteiger partial charge is 0.466 e. The van der Waals surface area contributed by atoms with Crippen LogP contribution in [-0.2, 0) is 14.3 Å². The first-order chi connectivity index (χ1) is 32.5. The van der Waals surface area contributed by atoms with Crippen LogP contribution >= 0.6 is 0 Å². The lowest BCUT2D eigenvalue weighted by Crippen LogP contribution is -2.45. The van der Waals surface area contributed by atoms with Crippen molar-refractivity contribution in [3.05, 3.63) is 24.3 Å². The second-order valence-corrected chi connectivity index (χ2v) is 20.3. The Balaban J connectivity index is 3.43. The van der Waals surface area contributed by atoms with E-state index in [1.165, 1.54) is 250 Å². The molecule has 0 aromatic rings. The first kappa shape index (κ1) is 64.3. The second kappa shape index (κ2) is 55.9. The molecule has 0 aliphatic carbocycles. The molecule has 6 nitrogen and oxygen atoms in total. The molecule has 0 aliphatic heterocycles. The fourth-order valence-electron chi connectivity index (χ4n) is 9.16. The Morgan fingerprint density at radius 1 is 0.409 bits per heavy atom. The lowest BCUT2D eigenvalue weighted by molar-refractivity contribution is -0.143. The Morgan fingerprint density at radius 3 is 1.08 bits per heavy atom. The fraction of sp³-hybridized carbons (Fsp3) is 0.900. The number of allylic oxidation sites excluding steroid dienone is 3. The number of aliphatic hydroxyl groups is 2. The van der Waals surface area contributed by atoms with Crippen LogP contribution in [0.5, 0.6) is 0 Å². The molecular weight excluding hydrogens is 815 g/mol. The predicted octanol–water partition coefficient (Wildman–Crippen LogP) is 18.2. The molecule has 0 saturated heterocycles. The number of amides is 1. The summed E-state index contributed by atoms with van der Waals surface area (Å²) in [5.74, 6) is -0.0617. The van der Waals surface area contributed by atoms with Crippen LogP contribution in [0.2, 0.25) is 0 Å². The van der Waals surface area contributed by atoms with Gasteiger partial charge in [-0.3, -0.25) is 9.59 Å². The fourth-order valence-corrected chi connectivity index (χ4v) is 9.16. The monoisotopic (exact) mass is 930 g/mol. The van der Waals surface area contributed by atoms with Crippen molar-refractivity contribution in [3.63, 3.8) is 0 Å². The molecule has 0 spiro atoms. The van der Waals surface area contributed by atoms with Crippen LogP contribution in [0.25, 0.3) is 0 Å². The Hall–Kier alpha value is -1.66. The number of hydrogen-bond donors (Lipinski definition) is 3. The smallest absolute Gasteiger partial charge is 0.305 e. The van der Waals surface area contributed by atoms with Crippen LogP contribution in [0.15, 0.2) is 24.3 Å². The van der Waals surface area contributed by atoms with Gasteiger partial charge in [-0.2, -0.15) is 0 Å². The van der Waals surface area contributed by atoms with Crippen molar-refractivity contribution in [1.82, 2.24) is 5.32 Å². The van der Waals surface area contributed by atoms with Gasteiger partial charge in [0.1, 0.15) is 0 Å². The van der Waals surface area contributed by atoms with Gasteiger partial charge in [-0.25, -0.2) is 0 Å². The maximum absolute atomic E-state index is 12.4. The number of rotatable bonds is 55. The molecule has 0 heterocycles. The standard InChI is InChI=1S/C60H115NO5/c1-3-5-7-9-11-13-15-17-29-32-36-40-44-48-52-58(63)57(56-62)61-59(64)53-49-45-41-37-33-30-27-25-23-21-19-18-20-22-24-26-28-31-35-39-43-47-51-55-66-60(65)54-50-46-42-38-34-16-14-12-10-8-6-4-2/h21,23,48,52,57-58,62-63H,3-20,22,24-47,49-51,53-56H2,1-2H3,(H,61,64)/b23-21-,52-48+. The zero-order valence-corrected chi connectivity index (χ0v) is 44.4. The summed E-state index contributed by atoms with van der Waals surface area (Å²) in [6, 6.07) is -0.631. The summed E-state index contributed by atoms with van der Waals surface area (Å²) in [4.78, 5) is 24.5. The van der Waals surface area contributed by atoms with Gasteiger partial charge < -0.3 is 20.3 Å². The van der Waals surface area contributed by atoms with Crippen molar-refractivity contribution < 1.29 is 24.5 Å². The Bertz CT molecular complexity index is 1030. The van der Waals surface area contributed by atoms with E-state index in [0.717, 1.165) is 44.9 Å². The van der Waals surface area contributed by atoms with Crippen molar-refractivity contribution in [2.75, 3.05) is 13.2 Å². The highest BCUT2D eigenvalue weighted by atomic mass is 16.5. The highest BCUT2D eigenvalue weighted by Crippen LogP contribution is 2.17. The topological polar surface area (TPSA) is 95.9 Å². The number of ether oxygens (including phenoxy) is 1. The van der Waals surface area contributed by atoms with E-state index in [1.807, 2.05) is 6.08 Å². The van der Waals surface area contributed by atoms with E-state index < -0.39 is 12.1 Å². The molecule has 0 radical (unpaired) electrons. The molecule has 0 aliphatic rings. The first-order valence-electron chi connectivity index (χ1n) is 29.6. The van der Waals surface area contributed by atoms with Gasteiger partial charge in [-0.15, -0.1) is 0 Å². The molecule has 390 valence electrons. The van der Waals surface area contributed by atoms with E-state index in [4.69, 9.17) is 4.74 Å². The summed E-state index contributed by atoms with van der Waals surface area (Å²) >= 11 is 0. The van der Waals surface area contributed by atoms with E-state index in [9.17, 15) is 19.8 Å². The van der Waals surface area contributed by atoms with Crippen molar-refractivity contribution in [1.29, 1.82) is 0 Å². The minimum Gasteiger partial charge on any atom is -0.466 e. The number of carbonyl (C=O) groups excluding carboxylic acids is 2. The van der Waals surface area contributed by atoms with E-state index in [0.29, 0.717) is 19.4 Å². The third-order valence-electron chi connectivity index (χ3n) is 13.7. The van der Waals surface area contributed by atoms with Crippen LogP contribution in [0.3, 0.4) is 0 Å². The van der Waals surface area contributed by atoms with Gasteiger partial charge in [-0.1, -0.05) is 276 Å². The molecule has 0 saturated carbocycles. The molecule has 0 bridgehead atoms. The van der Waals surface area contributed by atoms with E-state index in [2.05, 4.69) is 31.3 Å². The highest BCUT2D eigenvalue weighted by molar-refractivity contribution is 5.76.